The number of aromatic nitrogens is 3. The predicted molar refractivity (Wildman–Crippen MR) is 61.6 cm³/mol. The summed E-state index contributed by atoms with van der Waals surface area (Å²) in [6.07, 6.45) is 0. The molecule has 0 fully saturated rings. The standard InChI is InChI=1S/C11H8ClN3O5/c1-20-7-3-2-5(12)4-6(7)15-9(11(18)19)8(10(16)17)13-14-15/h2-4H,1H3,(H,16,17)(H,18,19)/p-2. The Morgan fingerprint density at radius 2 is 2.00 bits per heavy atom. The second kappa shape index (κ2) is 5.17. The highest BCUT2D eigenvalue weighted by atomic mass is 35.5. The summed E-state index contributed by atoms with van der Waals surface area (Å²) < 4.78 is 5.79. The highest BCUT2D eigenvalue weighted by molar-refractivity contribution is 6.30. The second-order valence-corrected chi connectivity index (χ2v) is 4.03. The van der Waals surface area contributed by atoms with Gasteiger partial charge in [-0.25, -0.2) is 4.68 Å². The third-order valence-corrected chi connectivity index (χ3v) is 2.66. The summed E-state index contributed by atoms with van der Waals surface area (Å²) in [5.41, 5.74) is -1.49. The van der Waals surface area contributed by atoms with Gasteiger partial charge in [0.05, 0.1) is 19.0 Å². The Kier molecular flexibility index (Phi) is 3.57. The van der Waals surface area contributed by atoms with Gasteiger partial charge < -0.3 is 24.5 Å². The SMILES string of the molecule is COc1ccc(Cl)cc1-n1nnc(C(=O)[O-])c1C(=O)[O-]. The molecule has 0 atom stereocenters. The number of nitrogens with zero attached hydrogens (tertiary/aromatic N) is 3. The number of halogens is 1. The van der Waals surface area contributed by atoms with E-state index in [1.807, 2.05) is 0 Å². The van der Waals surface area contributed by atoms with Crippen molar-refractivity contribution in [3.8, 4) is 11.4 Å². The number of carboxylic acid groups (broad SMARTS) is 2. The summed E-state index contributed by atoms with van der Waals surface area (Å²) >= 11 is 5.82. The van der Waals surface area contributed by atoms with Crippen molar-refractivity contribution >= 4 is 23.5 Å². The number of rotatable bonds is 4. The van der Waals surface area contributed by atoms with Crippen LogP contribution in [0, 0.1) is 0 Å². The minimum Gasteiger partial charge on any atom is -0.543 e. The molecule has 0 unspecified atom stereocenters. The largest absolute Gasteiger partial charge is 0.543 e. The highest BCUT2D eigenvalue weighted by Gasteiger charge is 2.19. The Bertz CT molecular complexity index is 697. The molecule has 0 N–H and O–H groups in total. The normalized spacial score (nSPS) is 10.3. The lowest BCUT2D eigenvalue weighted by molar-refractivity contribution is -0.260. The molecule has 0 radical (unpaired) electrons. The minimum absolute atomic E-state index is 0.110. The third kappa shape index (κ3) is 2.28. The first-order valence-corrected chi connectivity index (χ1v) is 5.55. The number of hydrogen-bond acceptors (Lipinski definition) is 7. The first-order chi connectivity index (χ1) is 9.45. The van der Waals surface area contributed by atoms with Crippen molar-refractivity contribution in [1.29, 1.82) is 0 Å². The number of ether oxygens (including phenoxy) is 1. The number of aromatic carboxylic acids is 2. The van der Waals surface area contributed by atoms with E-state index in [2.05, 4.69) is 10.3 Å². The Balaban J connectivity index is 2.73. The molecule has 0 saturated heterocycles. The van der Waals surface area contributed by atoms with Crippen LogP contribution in [0.15, 0.2) is 18.2 Å². The Morgan fingerprint density at radius 3 is 2.55 bits per heavy atom. The van der Waals surface area contributed by atoms with E-state index in [4.69, 9.17) is 16.3 Å². The van der Waals surface area contributed by atoms with Gasteiger partial charge in [0.25, 0.3) is 0 Å². The molecule has 1 aromatic heterocycles. The quantitative estimate of drug-likeness (QED) is 0.684. The van der Waals surface area contributed by atoms with Gasteiger partial charge in [-0.2, -0.15) is 0 Å². The van der Waals surface area contributed by atoms with E-state index < -0.39 is 23.3 Å². The zero-order valence-electron chi connectivity index (χ0n) is 9.99. The number of benzene rings is 1. The molecule has 0 aliphatic rings. The van der Waals surface area contributed by atoms with Crippen LogP contribution in [0.2, 0.25) is 5.02 Å². The number of hydrogen-bond donors (Lipinski definition) is 0. The Morgan fingerprint density at radius 1 is 1.30 bits per heavy atom. The molecule has 9 heteroatoms. The molecule has 104 valence electrons. The maximum Gasteiger partial charge on any atom is 0.144 e. The van der Waals surface area contributed by atoms with Crippen molar-refractivity contribution in [1.82, 2.24) is 15.0 Å². The lowest BCUT2D eigenvalue weighted by Crippen LogP contribution is -2.31. The van der Waals surface area contributed by atoms with Crippen LogP contribution in [0.3, 0.4) is 0 Å². The summed E-state index contributed by atoms with van der Waals surface area (Å²) in [4.78, 5) is 21.9. The fraction of sp³-hybridized carbons (Fsp3) is 0.0909. The van der Waals surface area contributed by atoms with Gasteiger partial charge in [-0.15, -0.1) is 5.10 Å². The van der Waals surface area contributed by atoms with Crippen molar-refractivity contribution in [2.45, 2.75) is 0 Å². The average Bonchev–Trinajstić information content (AvgIpc) is 2.83. The molecule has 0 bridgehead atoms. The highest BCUT2D eigenvalue weighted by Crippen LogP contribution is 2.27. The van der Waals surface area contributed by atoms with E-state index >= 15 is 0 Å². The minimum atomic E-state index is -1.78. The molecule has 0 amide bonds. The van der Waals surface area contributed by atoms with Gasteiger partial charge in [0.2, 0.25) is 0 Å². The molecule has 0 saturated carbocycles. The summed E-state index contributed by atoms with van der Waals surface area (Å²) in [5, 5.41) is 28.9. The summed E-state index contributed by atoms with van der Waals surface area (Å²) in [7, 11) is 1.35. The van der Waals surface area contributed by atoms with Gasteiger partial charge in [0.15, 0.2) is 0 Å². The van der Waals surface area contributed by atoms with E-state index in [1.54, 1.807) is 0 Å². The van der Waals surface area contributed by atoms with Crippen LogP contribution < -0.4 is 14.9 Å². The van der Waals surface area contributed by atoms with Crippen molar-refractivity contribution < 1.29 is 24.5 Å². The van der Waals surface area contributed by atoms with Crippen LogP contribution in [0.4, 0.5) is 0 Å². The zero-order chi connectivity index (χ0) is 14.9. The number of carboxylic acids is 2. The van der Waals surface area contributed by atoms with Gasteiger partial charge in [-0.1, -0.05) is 16.8 Å². The zero-order valence-corrected chi connectivity index (χ0v) is 10.7. The summed E-state index contributed by atoms with van der Waals surface area (Å²) in [5.74, 6) is -3.32. The maximum atomic E-state index is 11.1. The maximum absolute atomic E-state index is 11.1. The van der Waals surface area contributed by atoms with Crippen LogP contribution in [-0.2, 0) is 0 Å². The van der Waals surface area contributed by atoms with Crippen molar-refractivity contribution in [2.75, 3.05) is 7.11 Å². The molecule has 0 spiro atoms. The lowest BCUT2D eigenvalue weighted by atomic mass is 10.2. The van der Waals surface area contributed by atoms with Gasteiger partial charge in [-0.05, 0) is 18.2 Å². The summed E-state index contributed by atoms with van der Waals surface area (Å²) in [6, 6.07) is 4.33. The smallest absolute Gasteiger partial charge is 0.144 e. The number of carbonyl (C=O) groups excluding carboxylic acids is 2. The van der Waals surface area contributed by atoms with E-state index in [0.29, 0.717) is 0 Å². The lowest BCUT2D eigenvalue weighted by Gasteiger charge is -2.12. The van der Waals surface area contributed by atoms with E-state index in [1.165, 1.54) is 25.3 Å². The van der Waals surface area contributed by atoms with Crippen LogP contribution >= 0.6 is 11.6 Å². The first-order valence-electron chi connectivity index (χ1n) is 5.18. The van der Waals surface area contributed by atoms with Crippen molar-refractivity contribution in [3.05, 3.63) is 34.6 Å². The van der Waals surface area contributed by atoms with Crippen molar-refractivity contribution in [3.63, 3.8) is 0 Å². The molecule has 0 aliphatic heterocycles. The summed E-state index contributed by atoms with van der Waals surface area (Å²) in [6.45, 7) is 0. The molecule has 1 heterocycles. The monoisotopic (exact) mass is 295 g/mol. The molecular weight excluding hydrogens is 290 g/mol. The molecule has 20 heavy (non-hydrogen) atoms. The van der Waals surface area contributed by atoms with Crippen LogP contribution in [0.5, 0.6) is 5.75 Å². The average molecular weight is 296 g/mol. The fourth-order valence-corrected chi connectivity index (χ4v) is 1.77. The van der Waals surface area contributed by atoms with E-state index in [9.17, 15) is 19.8 Å². The van der Waals surface area contributed by atoms with Gasteiger partial charge in [0.1, 0.15) is 22.8 Å². The molecule has 8 nitrogen and oxygen atoms in total. The molecular formula is C11H6ClN3O5-2. The topological polar surface area (TPSA) is 120 Å². The molecule has 0 aliphatic carbocycles. The van der Waals surface area contributed by atoms with E-state index in [-0.39, 0.29) is 16.5 Å². The Hall–Kier alpha value is -2.61. The first kappa shape index (κ1) is 13.8. The Labute approximate surface area is 117 Å². The number of methoxy groups -OCH3 is 1. The van der Waals surface area contributed by atoms with Crippen LogP contribution in [-0.4, -0.2) is 34.0 Å². The number of carbonyl (C=O) groups is 2. The van der Waals surface area contributed by atoms with Gasteiger partial charge >= 0.3 is 0 Å². The van der Waals surface area contributed by atoms with Crippen molar-refractivity contribution in [2.24, 2.45) is 0 Å². The fourth-order valence-electron chi connectivity index (χ4n) is 1.60. The molecule has 2 rings (SSSR count). The van der Waals surface area contributed by atoms with Gasteiger partial charge in [0, 0.05) is 5.02 Å². The van der Waals surface area contributed by atoms with Gasteiger partial charge in [-0.3, -0.25) is 0 Å². The molecule has 2 aromatic rings. The third-order valence-electron chi connectivity index (χ3n) is 2.43. The van der Waals surface area contributed by atoms with Crippen LogP contribution in [0.1, 0.15) is 21.0 Å². The molecule has 1 aromatic carbocycles. The van der Waals surface area contributed by atoms with E-state index in [0.717, 1.165) is 4.68 Å². The van der Waals surface area contributed by atoms with Crippen LogP contribution in [0.25, 0.3) is 5.69 Å². The second-order valence-electron chi connectivity index (χ2n) is 3.59. The predicted octanol–water partition coefficient (Wildman–Crippen LogP) is -1.34.